The quantitative estimate of drug-likeness (QED) is 0.742. The maximum atomic E-state index is 5.02. The Labute approximate surface area is 128 Å². The summed E-state index contributed by atoms with van der Waals surface area (Å²) in [5.41, 5.74) is 1.34. The Hall–Kier alpha value is -0.410. The van der Waals surface area contributed by atoms with Crippen molar-refractivity contribution < 1.29 is 0 Å². The SMILES string of the molecule is CCCNCc1sc(C2CCC(C)CC2)nc1C(C)C. The molecule has 0 atom stereocenters. The van der Waals surface area contributed by atoms with E-state index in [1.807, 2.05) is 11.3 Å². The van der Waals surface area contributed by atoms with Crippen LogP contribution in [-0.2, 0) is 6.54 Å². The largest absolute Gasteiger partial charge is 0.312 e. The van der Waals surface area contributed by atoms with E-state index in [1.165, 1.54) is 47.7 Å². The smallest absolute Gasteiger partial charge is 0.0962 e. The predicted molar refractivity (Wildman–Crippen MR) is 88.6 cm³/mol. The van der Waals surface area contributed by atoms with E-state index < -0.39 is 0 Å². The van der Waals surface area contributed by atoms with E-state index in [0.717, 1.165) is 24.9 Å². The second-order valence-electron chi connectivity index (χ2n) is 6.65. The molecule has 1 fully saturated rings. The van der Waals surface area contributed by atoms with Gasteiger partial charge in [-0.2, -0.15) is 0 Å². The molecule has 0 bridgehead atoms. The molecule has 0 radical (unpaired) electrons. The van der Waals surface area contributed by atoms with Crippen molar-refractivity contribution in [2.75, 3.05) is 6.54 Å². The molecule has 1 N–H and O–H groups in total. The molecule has 0 amide bonds. The number of rotatable bonds is 6. The number of hydrogen-bond acceptors (Lipinski definition) is 3. The Morgan fingerprint density at radius 1 is 1.25 bits per heavy atom. The van der Waals surface area contributed by atoms with Crippen LogP contribution in [0.4, 0.5) is 0 Å². The molecule has 1 aromatic heterocycles. The Balaban J connectivity index is 2.07. The van der Waals surface area contributed by atoms with E-state index in [1.54, 1.807) is 0 Å². The number of aromatic nitrogens is 1. The van der Waals surface area contributed by atoms with Gasteiger partial charge in [0.15, 0.2) is 0 Å². The molecule has 1 aromatic rings. The van der Waals surface area contributed by atoms with Gasteiger partial charge in [0.2, 0.25) is 0 Å². The first kappa shape index (κ1) is 16.0. The van der Waals surface area contributed by atoms with Crippen LogP contribution in [0, 0.1) is 5.92 Å². The third-order valence-corrected chi connectivity index (χ3v) is 5.60. The minimum Gasteiger partial charge on any atom is -0.312 e. The molecule has 1 saturated carbocycles. The van der Waals surface area contributed by atoms with Crippen molar-refractivity contribution in [1.82, 2.24) is 10.3 Å². The second kappa shape index (κ2) is 7.56. The zero-order valence-corrected chi connectivity index (χ0v) is 14.4. The monoisotopic (exact) mass is 294 g/mol. The molecule has 2 rings (SSSR count). The van der Waals surface area contributed by atoms with Crippen LogP contribution in [0.2, 0.25) is 0 Å². The van der Waals surface area contributed by atoms with Crippen molar-refractivity contribution >= 4 is 11.3 Å². The highest BCUT2D eigenvalue weighted by Gasteiger charge is 2.24. The summed E-state index contributed by atoms with van der Waals surface area (Å²) in [6.45, 7) is 11.2. The summed E-state index contributed by atoms with van der Waals surface area (Å²) in [5, 5.41) is 4.95. The zero-order valence-electron chi connectivity index (χ0n) is 13.5. The molecule has 0 unspecified atom stereocenters. The van der Waals surface area contributed by atoms with Crippen LogP contribution < -0.4 is 5.32 Å². The number of nitrogens with zero attached hydrogens (tertiary/aromatic N) is 1. The molecular weight excluding hydrogens is 264 g/mol. The van der Waals surface area contributed by atoms with Crippen molar-refractivity contribution in [2.24, 2.45) is 5.92 Å². The fraction of sp³-hybridized carbons (Fsp3) is 0.824. The lowest BCUT2D eigenvalue weighted by Crippen LogP contribution is -2.14. The second-order valence-corrected chi connectivity index (χ2v) is 7.76. The molecule has 20 heavy (non-hydrogen) atoms. The molecule has 0 aliphatic heterocycles. The summed E-state index contributed by atoms with van der Waals surface area (Å²) in [5.74, 6) is 2.19. The first-order chi connectivity index (χ1) is 9.61. The summed E-state index contributed by atoms with van der Waals surface area (Å²) in [6.07, 6.45) is 6.64. The van der Waals surface area contributed by atoms with Crippen molar-refractivity contribution in [3.63, 3.8) is 0 Å². The van der Waals surface area contributed by atoms with Crippen molar-refractivity contribution in [2.45, 2.75) is 78.2 Å². The minimum atomic E-state index is 0.543. The first-order valence-electron chi connectivity index (χ1n) is 8.32. The average Bonchev–Trinajstić information content (AvgIpc) is 2.84. The van der Waals surface area contributed by atoms with Crippen LogP contribution in [0.1, 0.15) is 87.2 Å². The molecule has 1 heterocycles. The molecule has 2 nitrogen and oxygen atoms in total. The van der Waals surface area contributed by atoms with E-state index in [-0.39, 0.29) is 0 Å². The standard InChI is InChI=1S/C17H30N2S/c1-5-10-18-11-15-16(12(2)3)19-17(20-15)14-8-6-13(4)7-9-14/h12-14,18H,5-11H2,1-4H3. The van der Waals surface area contributed by atoms with Crippen LogP contribution in [-0.4, -0.2) is 11.5 Å². The van der Waals surface area contributed by atoms with Crippen LogP contribution >= 0.6 is 11.3 Å². The first-order valence-corrected chi connectivity index (χ1v) is 9.13. The molecule has 1 aliphatic rings. The summed E-state index contributed by atoms with van der Waals surface area (Å²) in [4.78, 5) is 6.49. The van der Waals surface area contributed by atoms with Gasteiger partial charge >= 0.3 is 0 Å². The lowest BCUT2D eigenvalue weighted by Gasteiger charge is -2.24. The van der Waals surface area contributed by atoms with Gasteiger partial charge in [0.05, 0.1) is 10.7 Å². The number of hydrogen-bond donors (Lipinski definition) is 1. The summed E-state index contributed by atoms with van der Waals surface area (Å²) < 4.78 is 0. The van der Waals surface area contributed by atoms with Crippen LogP contribution in [0.5, 0.6) is 0 Å². The van der Waals surface area contributed by atoms with Crippen molar-refractivity contribution in [3.8, 4) is 0 Å². The third-order valence-electron chi connectivity index (χ3n) is 4.37. The summed E-state index contributed by atoms with van der Waals surface area (Å²) in [7, 11) is 0. The molecular formula is C17H30N2S. The fourth-order valence-electron chi connectivity index (χ4n) is 3.02. The van der Waals surface area contributed by atoms with Gasteiger partial charge < -0.3 is 5.32 Å². The molecule has 3 heteroatoms. The van der Waals surface area contributed by atoms with E-state index >= 15 is 0 Å². The number of thiazole rings is 1. The van der Waals surface area contributed by atoms with Crippen molar-refractivity contribution in [3.05, 3.63) is 15.6 Å². The lowest BCUT2D eigenvalue weighted by molar-refractivity contribution is 0.347. The Kier molecular flexibility index (Phi) is 6.03. The predicted octanol–water partition coefficient (Wildman–Crippen LogP) is 5.06. The van der Waals surface area contributed by atoms with Gasteiger partial charge in [-0.3, -0.25) is 0 Å². The van der Waals surface area contributed by atoms with Gasteiger partial charge in [0.25, 0.3) is 0 Å². The van der Waals surface area contributed by atoms with Crippen LogP contribution in [0.3, 0.4) is 0 Å². The highest BCUT2D eigenvalue weighted by Crippen LogP contribution is 2.39. The van der Waals surface area contributed by atoms with Gasteiger partial charge in [-0.15, -0.1) is 11.3 Å². The Bertz CT molecular complexity index is 403. The van der Waals surface area contributed by atoms with Gasteiger partial charge in [0.1, 0.15) is 0 Å². The molecule has 1 aliphatic carbocycles. The lowest BCUT2D eigenvalue weighted by atomic mass is 9.83. The fourth-order valence-corrected chi connectivity index (χ4v) is 4.38. The van der Waals surface area contributed by atoms with E-state index in [0.29, 0.717) is 5.92 Å². The molecule has 0 spiro atoms. The molecule has 0 saturated heterocycles. The molecule has 114 valence electrons. The topological polar surface area (TPSA) is 24.9 Å². The van der Waals surface area contributed by atoms with Crippen LogP contribution in [0.25, 0.3) is 0 Å². The van der Waals surface area contributed by atoms with Gasteiger partial charge in [0, 0.05) is 17.3 Å². The summed E-state index contributed by atoms with van der Waals surface area (Å²) in [6, 6.07) is 0. The average molecular weight is 295 g/mol. The normalized spacial score (nSPS) is 23.4. The number of nitrogens with one attached hydrogen (secondary N) is 1. The minimum absolute atomic E-state index is 0.543. The van der Waals surface area contributed by atoms with Crippen LogP contribution in [0.15, 0.2) is 0 Å². The zero-order chi connectivity index (χ0) is 14.5. The van der Waals surface area contributed by atoms with E-state index in [2.05, 4.69) is 33.0 Å². The third kappa shape index (κ3) is 4.05. The van der Waals surface area contributed by atoms with E-state index in [9.17, 15) is 0 Å². The summed E-state index contributed by atoms with van der Waals surface area (Å²) >= 11 is 1.97. The van der Waals surface area contributed by atoms with Crippen molar-refractivity contribution in [1.29, 1.82) is 0 Å². The highest BCUT2D eigenvalue weighted by atomic mass is 32.1. The van der Waals surface area contributed by atoms with Gasteiger partial charge in [-0.1, -0.05) is 40.5 Å². The van der Waals surface area contributed by atoms with E-state index in [4.69, 9.17) is 4.98 Å². The maximum absolute atomic E-state index is 5.02. The van der Waals surface area contributed by atoms with Gasteiger partial charge in [-0.25, -0.2) is 4.98 Å². The Morgan fingerprint density at radius 3 is 2.55 bits per heavy atom. The van der Waals surface area contributed by atoms with Gasteiger partial charge in [-0.05, 0) is 37.6 Å². The highest BCUT2D eigenvalue weighted by molar-refractivity contribution is 7.11. The maximum Gasteiger partial charge on any atom is 0.0962 e. The Morgan fingerprint density at radius 2 is 1.95 bits per heavy atom. The molecule has 0 aromatic carbocycles.